The van der Waals surface area contributed by atoms with Crippen LogP contribution in [0.25, 0.3) is 0 Å². The molecule has 2 heterocycles. The number of esters is 1. The molecule has 1 aromatic carbocycles. The highest BCUT2D eigenvalue weighted by Crippen LogP contribution is 2.40. The summed E-state index contributed by atoms with van der Waals surface area (Å²) in [4.78, 5) is 61.6. The van der Waals surface area contributed by atoms with Crippen LogP contribution in [0, 0.1) is 0 Å². The Morgan fingerprint density at radius 2 is 1.85 bits per heavy atom. The number of benzene rings is 1. The number of piperidine rings is 1. The molecule has 1 fully saturated rings. The zero-order valence-electron chi connectivity index (χ0n) is 17.2. The number of carbonyl (C=O) groups is 5. The van der Waals surface area contributed by atoms with Gasteiger partial charge in [0, 0.05) is 6.42 Å². The first-order chi connectivity index (χ1) is 15.6. The van der Waals surface area contributed by atoms with E-state index in [-0.39, 0.29) is 25.0 Å². The number of fused-ring (bicyclic) bond motifs is 1. The van der Waals surface area contributed by atoms with Gasteiger partial charge in [-0.1, -0.05) is 0 Å². The molecule has 2 aliphatic heterocycles. The molecule has 13 heteroatoms. The Morgan fingerprint density at radius 3 is 2.48 bits per heavy atom. The first-order valence-electron chi connectivity index (χ1n) is 10.1. The van der Waals surface area contributed by atoms with Crippen LogP contribution in [0.5, 0.6) is 11.5 Å². The smallest absolute Gasteiger partial charge is 0.489 e. The Kier molecular flexibility index (Phi) is 7.01. The molecular weight excluding hydrogens is 451 g/mol. The van der Waals surface area contributed by atoms with E-state index in [4.69, 9.17) is 10.5 Å². The van der Waals surface area contributed by atoms with E-state index in [1.165, 1.54) is 0 Å². The molecule has 0 saturated carbocycles. The summed E-state index contributed by atoms with van der Waals surface area (Å²) in [6.45, 7) is 0.357. The van der Waals surface area contributed by atoms with E-state index in [1.807, 2.05) is 5.32 Å². The van der Waals surface area contributed by atoms with Gasteiger partial charge in [-0.3, -0.25) is 29.4 Å². The molecule has 1 atom stereocenters. The van der Waals surface area contributed by atoms with Crippen molar-refractivity contribution in [2.45, 2.75) is 44.3 Å². The zero-order chi connectivity index (χ0) is 24.3. The number of amides is 4. The molecule has 33 heavy (non-hydrogen) atoms. The van der Waals surface area contributed by atoms with Crippen LogP contribution in [0.1, 0.15) is 52.8 Å². The molecule has 2 aliphatic rings. The van der Waals surface area contributed by atoms with Gasteiger partial charge in [-0.25, -0.2) is 4.79 Å². The average Bonchev–Trinajstić information content (AvgIpc) is 2.99. The molecule has 1 saturated heterocycles. The highest BCUT2D eigenvalue weighted by Gasteiger charge is 2.48. The summed E-state index contributed by atoms with van der Waals surface area (Å²) in [6.07, 6.45) is -3.82. The van der Waals surface area contributed by atoms with Gasteiger partial charge in [-0.15, -0.1) is 0 Å². The summed E-state index contributed by atoms with van der Waals surface area (Å²) in [5.41, 5.74) is 4.76. The Hall–Kier alpha value is -3.48. The predicted octanol–water partition coefficient (Wildman–Crippen LogP) is 1.06. The van der Waals surface area contributed by atoms with Crippen molar-refractivity contribution in [3.8, 4) is 11.5 Å². The van der Waals surface area contributed by atoms with Crippen molar-refractivity contribution in [3.63, 3.8) is 0 Å². The summed E-state index contributed by atoms with van der Waals surface area (Å²) in [5, 5.41) is 2.04. The van der Waals surface area contributed by atoms with Crippen LogP contribution in [-0.2, 0) is 14.4 Å². The Labute approximate surface area is 185 Å². The maximum atomic E-state index is 13.1. The number of nitrogens with one attached hydrogen (secondary N) is 1. The van der Waals surface area contributed by atoms with Gasteiger partial charge in [-0.2, -0.15) is 13.2 Å². The van der Waals surface area contributed by atoms with E-state index < -0.39 is 58.9 Å². The van der Waals surface area contributed by atoms with E-state index in [0.29, 0.717) is 30.7 Å². The van der Waals surface area contributed by atoms with Gasteiger partial charge in [0.2, 0.25) is 11.8 Å². The van der Waals surface area contributed by atoms with Crippen LogP contribution in [0.3, 0.4) is 0 Å². The van der Waals surface area contributed by atoms with Crippen LogP contribution in [-0.4, -0.2) is 59.9 Å². The van der Waals surface area contributed by atoms with Crippen molar-refractivity contribution in [1.29, 1.82) is 0 Å². The molecule has 0 bridgehead atoms. The lowest BCUT2D eigenvalue weighted by Gasteiger charge is -2.27. The zero-order valence-corrected chi connectivity index (χ0v) is 17.2. The second-order valence-corrected chi connectivity index (χ2v) is 7.35. The van der Waals surface area contributed by atoms with Crippen molar-refractivity contribution >= 4 is 29.6 Å². The van der Waals surface area contributed by atoms with Gasteiger partial charge >= 0.3 is 12.1 Å². The summed E-state index contributed by atoms with van der Waals surface area (Å²) < 4.78 is 48.1. The Morgan fingerprint density at radius 1 is 1.12 bits per heavy atom. The van der Waals surface area contributed by atoms with Gasteiger partial charge in [0.25, 0.3) is 11.8 Å². The average molecular weight is 471 g/mol. The number of halogens is 3. The standard InChI is InChI=1S/C20H20F3N3O7/c21-20(22,23)19(31)33-12-6-4-10-14(15(12)32-9-3-1-2-8-24)18(30)26(17(10)29)11-5-7-13(27)25-16(11)28/h4,6,11H,1-3,5,7-9,24H2,(H,25,27,28). The number of hydrogen-bond acceptors (Lipinski definition) is 8. The van der Waals surface area contributed by atoms with Crippen LogP contribution in [0.2, 0.25) is 0 Å². The van der Waals surface area contributed by atoms with E-state index in [0.717, 1.165) is 12.1 Å². The fraction of sp³-hybridized carbons (Fsp3) is 0.450. The van der Waals surface area contributed by atoms with Crippen LogP contribution < -0.4 is 20.5 Å². The first kappa shape index (κ1) is 24.2. The van der Waals surface area contributed by atoms with E-state index in [9.17, 15) is 37.1 Å². The van der Waals surface area contributed by atoms with Crippen molar-refractivity contribution in [1.82, 2.24) is 10.2 Å². The van der Waals surface area contributed by atoms with Crippen molar-refractivity contribution < 1.29 is 46.6 Å². The normalized spacial score (nSPS) is 18.3. The molecule has 1 aromatic rings. The second-order valence-electron chi connectivity index (χ2n) is 7.35. The van der Waals surface area contributed by atoms with Crippen LogP contribution in [0.15, 0.2) is 12.1 Å². The molecule has 1 unspecified atom stereocenters. The van der Waals surface area contributed by atoms with Gasteiger partial charge in [-0.05, 0) is 44.4 Å². The van der Waals surface area contributed by atoms with Crippen LogP contribution >= 0.6 is 0 Å². The number of imide groups is 2. The van der Waals surface area contributed by atoms with E-state index in [1.54, 1.807) is 0 Å². The van der Waals surface area contributed by atoms with Gasteiger partial charge in [0.1, 0.15) is 6.04 Å². The van der Waals surface area contributed by atoms with E-state index in [2.05, 4.69) is 4.74 Å². The van der Waals surface area contributed by atoms with Gasteiger partial charge in [0.15, 0.2) is 11.5 Å². The first-order valence-corrected chi connectivity index (χ1v) is 10.1. The minimum atomic E-state index is -5.31. The van der Waals surface area contributed by atoms with Gasteiger partial charge in [0.05, 0.1) is 17.7 Å². The van der Waals surface area contributed by atoms with Crippen LogP contribution in [0.4, 0.5) is 13.2 Å². The quantitative estimate of drug-likeness (QED) is 0.248. The molecule has 178 valence electrons. The summed E-state index contributed by atoms with van der Waals surface area (Å²) in [5.74, 6) is -7.04. The fourth-order valence-electron chi connectivity index (χ4n) is 3.49. The Balaban J connectivity index is 1.96. The summed E-state index contributed by atoms with van der Waals surface area (Å²) >= 11 is 0. The third-order valence-corrected chi connectivity index (χ3v) is 5.05. The number of nitrogens with two attached hydrogens (primary N) is 1. The van der Waals surface area contributed by atoms with Gasteiger partial charge < -0.3 is 15.2 Å². The largest absolute Gasteiger partial charge is 0.491 e. The number of unbranched alkanes of at least 4 members (excludes halogenated alkanes) is 2. The molecule has 0 aromatic heterocycles. The maximum Gasteiger partial charge on any atom is 0.491 e. The van der Waals surface area contributed by atoms with Crippen molar-refractivity contribution in [2.24, 2.45) is 5.73 Å². The number of rotatable bonds is 8. The number of nitrogens with zero attached hydrogens (tertiary/aromatic N) is 1. The number of hydrogen-bond donors (Lipinski definition) is 2. The monoisotopic (exact) mass is 471 g/mol. The highest BCUT2D eigenvalue weighted by molar-refractivity contribution is 6.25. The SMILES string of the molecule is NCCCCCOc1c(OC(=O)C(F)(F)F)ccc2c1C(=O)N(C1CCC(=O)NC1=O)C2=O. The molecule has 0 radical (unpaired) electrons. The third kappa shape index (κ3) is 4.97. The molecule has 3 rings (SSSR count). The Bertz CT molecular complexity index is 1010. The summed E-state index contributed by atoms with van der Waals surface area (Å²) in [6, 6.07) is 0.645. The number of alkyl halides is 3. The molecule has 0 aliphatic carbocycles. The van der Waals surface area contributed by atoms with E-state index >= 15 is 0 Å². The number of ether oxygens (including phenoxy) is 2. The maximum absolute atomic E-state index is 13.1. The molecule has 10 nitrogen and oxygen atoms in total. The molecule has 0 spiro atoms. The lowest BCUT2D eigenvalue weighted by Crippen LogP contribution is -2.54. The third-order valence-electron chi connectivity index (χ3n) is 5.05. The summed E-state index contributed by atoms with van der Waals surface area (Å²) in [7, 11) is 0. The molecular formula is C20H20F3N3O7. The molecule has 4 amide bonds. The van der Waals surface area contributed by atoms with Crippen molar-refractivity contribution in [3.05, 3.63) is 23.3 Å². The predicted molar refractivity (Wildman–Crippen MR) is 103 cm³/mol. The second kappa shape index (κ2) is 9.57. The molecule has 3 N–H and O–H groups in total. The lowest BCUT2D eigenvalue weighted by atomic mass is 10.0. The number of carbonyl (C=O) groups excluding carboxylic acids is 5. The fourth-order valence-corrected chi connectivity index (χ4v) is 3.49. The highest BCUT2D eigenvalue weighted by atomic mass is 19.4. The lowest BCUT2D eigenvalue weighted by molar-refractivity contribution is -0.189. The van der Waals surface area contributed by atoms with Crippen molar-refractivity contribution in [2.75, 3.05) is 13.2 Å². The minimum Gasteiger partial charge on any atom is -0.489 e. The minimum absolute atomic E-state index is 0.0626. The topological polar surface area (TPSA) is 145 Å².